The molecule has 0 bridgehead atoms. The number of aryl methyl sites for hydroxylation is 2. The van der Waals surface area contributed by atoms with Crippen molar-refractivity contribution in [2.45, 2.75) is 39.3 Å². The smallest absolute Gasteiger partial charge is 0.335 e. The lowest BCUT2D eigenvalue weighted by Crippen LogP contribution is -2.18. The molecule has 2 aromatic carbocycles. The molecule has 0 amide bonds. The van der Waals surface area contributed by atoms with Gasteiger partial charge in [-0.1, -0.05) is 0 Å². The molecule has 0 aliphatic heterocycles. The van der Waals surface area contributed by atoms with Gasteiger partial charge in [0.1, 0.15) is 41.8 Å². The number of ether oxygens (including phenoxy) is 6. The Kier molecular flexibility index (Phi) is 13.1. The van der Waals surface area contributed by atoms with Gasteiger partial charge in [0.2, 0.25) is 5.82 Å². The summed E-state index contributed by atoms with van der Waals surface area (Å²) in [4.78, 5) is 23.8. The quantitative estimate of drug-likeness (QED) is 0.178. The zero-order valence-electron chi connectivity index (χ0n) is 26.2. The molecular formula is C28H36N8O10. The average molecular weight is 645 g/mol. The Morgan fingerprint density at radius 3 is 1.65 bits per heavy atom. The van der Waals surface area contributed by atoms with Gasteiger partial charge in [0.25, 0.3) is 0 Å². The average Bonchev–Trinajstić information content (AvgIpc) is 3.62. The molecule has 0 fully saturated rings. The van der Waals surface area contributed by atoms with Crippen LogP contribution in [-0.2, 0) is 36.8 Å². The molecule has 248 valence electrons. The standard InChI is InChI=1S/2C14H18N4O5/c1-9(7-21-3)23-12-5-10(14(19)20)4-11(6-12)22-8-13-15-16-17-18(13)2;1-9(7-21-3)23-12-5-10(14(19)20)4-11(6-12)22-8-13-15-17-18(2)16-13/h2*4-6,9H,7-8H2,1-3H3,(H,19,20)/t2*9-/m00/s1. The highest BCUT2D eigenvalue weighted by Gasteiger charge is 2.14. The van der Waals surface area contributed by atoms with E-state index in [0.29, 0.717) is 47.9 Å². The molecule has 0 saturated heterocycles. The van der Waals surface area contributed by atoms with Crippen molar-refractivity contribution in [3.05, 3.63) is 59.2 Å². The number of aromatic carboxylic acids is 2. The van der Waals surface area contributed by atoms with Gasteiger partial charge in [-0.05, 0) is 53.8 Å². The molecular weight excluding hydrogens is 608 g/mol. The SMILES string of the molecule is COC[C@H](C)Oc1cc(OCc2nnn(C)n2)cc(C(=O)O)c1.COC[C@H](C)Oc1cc(OCc2nnnn2C)cc(C(=O)O)c1. The van der Waals surface area contributed by atoms with Crippen LogP contribution < -0.4 is 18.9 Å². The van der Waals surface area contributed by atoms with Gasteiger partial charge in [0.05, 0.1) is 31.4 Å². The molecule has 18 heteroatoms. The summed E-state index contributed by atoms with van der Waals surface area (Å²) in [5.41, 5.74) is 0.132. The van der Waals surface area contributed by atoms with Crippen LogP contribution in [0.2, 0.25) is 0 Å². The van der Waals surface area contributed by atoms with E-state index < -0.39 is 11.9 Å². The maximum absolute atomic E-state index is 11.2. The summed E-state index contributed by atoms with van der Waals surface area (Å²) >= 11 is 0. The summed E-state index contributed by atoms with van der Waals surface area (Å²) in [7, 11) is 6.46. The number of benzene rings is 2. The Hall–Kier alpha value is -5.36. The first-order valence-corrected chi connectivity index (χ1v) is 13.7. The topological polar surface area (TPSA) is 217 Å². The van der Waals surface area contributed by atoms with Gasteiger partial charge in [-0.15, -0.1) is 15.3 Å². The number of carboxylic acid groups (broad SMARTS) is 2. The molecule has 2 heterocycles. The van der Waals surface area contributed by atoms with Gasteiger partial charge in [0, 0.05) is 33.4 Å². The lowest BCUT2D eigenvalue weighted by atomic mass is 10.2. The van der Waals surface area contributed by atoms with Crippen molar-refractivity contribution in [3.63, 3.8) is 0 Å². The normalized spacial score (nSPS) is 12.0. The van der Waals surface area contributed by atoms with E-state index in [4.69, 9.17) is 28.4 Å². The Morgan fingerprint density at radius 1 is 0.739 bits per heavy atom. The van der Waals surface area contributed by atoms with Crippen molar-refractivity contribution in [1.29, 1.82) is 0 Å². The maximum atomic E-state index is 11.2. The van der Waals surface area contributed by atoms with E-state index >= 15 is 0 Å². The summed E-state index contributed by atoms with van der Waals surface area (Å²) in [5.74, 6) is 0.239. The second kappa shape index (κ2) is 17.2. The van der Waals surface area contributed by atoms with Gasteiger partial charge in [-0.3, -0.25) is 0 Å². The van der Waals surface area contributed by atoms with E-state index in [-0.39, 0.29) is 36.5 Å². The Morgan fingerprint density at radius 2 is 1.24 bits per heavy atom. The number of methoxy groups -OCH3 is 2. The molecule has 46 heavy (non-hydrogen) atoms. The minimum absolute atomic E-state index is 0.0641. The number of carboxylic acids is 2. The third-order valence-corrected chi connectivity index (χ3v) is 5.72. The molecule has 2 atom stereocenters. The first kappa shape index (κ1) is 35.1. The minimum Gasteiger partial charge on any atom is -0.488 e. The fourth-order valence-corrected chi connectivity index (χ4v) is 3.74. The van der Waals surface area contributed by atoms with Crippen molar-refractivity contribution in [3.8, 4) is 23.0 Å². The van der Waals surface area contributed by atoms with E-state index in [1.54, 1.807) is 40.4 Å². The largest absolute Gasteiger partial charge is 0.488 e. The highest BCUT2D eigenvalue weighted by molar-refractivity contribution is 5.89. The lowest BCUT2D eigenvalue weighted by molar-refractivity contribution is 0.0683. The Balaban J connectivity index is 0.000000250. The van der Waals surface area contributed by atoms with E-state index in [0.717, 1.165) is 0 Å². The van der Waals surface area contributed by atoms with E-state index in [2.05, 4.69) is 30.9 Å². The van der Waals surface area contributed by atoms with Crippen LogP contribution >= 0.6 is 0 Å². The number of aromatic nitrogens is 8. The van der Waals surface area contributed by atoms with Crippen LogP contribution in [-0.4, -0.2) is 102 Å². The fourth-order valence-electron chi connectivity index (χ4n) is 3.74. The molecule has 4 rings (SSSR count). The molecule has 2 N–H and O–H groups in total. The Labute approximate surface area is 263 Å². The number of hydrogen-bond donors (Lipinski definition) is 2. The second-order valence-electron chi connectivity index (χ2n) is 9.76. The second-order valence-corrected chi connectivity index (χ2v) is 9.76. The van der Waals surface area contributed by atoms with Gasteiger partial charge in [-0.2, -0.15) is 4.80 Å². The fraction of sp³-hybridized carbons (Fsp3) is 0.429. The summed E-state index contributed by atoms with van der Waals surface area (Å²) in [6.45, 7) is 4.60. The van der Waals surface area contributed by atoms with Crippen molar-refractivity contribution >= 4 is 11.9 Å². The summed E-state index contributed by atoms with van der Waals surface area (Å²) in [6, 6.07) is 8.91. The number of rotatable bonds is 16. The highest BCUT2D eigenvalue weighted by Crippen LogP contribution is 2.26. The number of tetrazole rings is 2. The molecule has 0 unspecified atom stereocenters. The third kappa shape index (κ3) is 11.3. The zero-order chi connectivity index (χ0) is 33.6. The van der Waals surface area contributed by atoms with Crippen LogP contribution in [0, 0.1) is 0 Å². The van der Waals surface area contributed by atoms with E-state index in [1.807, 2.05) is 13.8 Å². The maximum Gasteiger partial charge on any atom is 0.335 e. The molecule has 2 aromatic heterocycles. The molecule has 0 radical (unpaired) electrons. The van der Waals surface area contributed by atoms with E-state index in [9.17, 15) is 19.8 Å². The summed E-state index contributed by atoms with van der Waals surface area (Å²) < 4.78 is 33.8. The Bertz CT molecular complexity index is 1580. The third-order valence-electron chi connectivity index (χ3n) is 5.72. The first-order chi connectivity index (χ1) is 22.0. The van der Waals surface area contributed by atoms with Crippen LogP contribution in [0.25, 0.3) is 0 Å². The number of nitrogens with zero attached hydrogens (tertiary/aromatic N) is 8. The number of hydrogen-bond acceptors (Lipinski definition) is 14. The predicted molar refractivity (Wildman–Crippen MR) is 157 cm³/mol. The van der Waals surface area contributed by atoms with Crippen molar-refractivity contribution < 1.29 is 48.2 Å². The van der Waals surface area contributed by atoms with Gasteiger partial charge < -0.3 is 38.6 Å². The van der Waals surface area contributed by atoms with Crippen LogP contribution in [0.3, 0.4) is 0 Å². The molecule has 0 spiro atoms. The first-order valence-electron chi connectivity index (χ1n) is 13.7. The number of carbonyl (C=O) groups is 2. The molecule has 4 aromatic rings. The van der Waals surface area contributed by atoms with Gasteiger partial charge in [0.15, 0.2) is 12.4 Å². The predicted octanol–water partition coefficient (Wildman–Crippen LogP) is 1.80. The molecule has 0 saturated carbocycles. The van der Waals surface area contributed by atoms with Gasteiger partial charge >= 0.3 is 11.9 Å². The van der Waals surface area contributed by atoms with Gasteiger partial charge in [-0.25, -0.2) is 14.3 Å². The minimum atomic E-state index is -1.07. The van der Waals surface area contributed by atoms with Crippen molar-refractivity contribution in [1.82, 2.24) is 40.4 Å². The zero-order valence-corrected chi connectivity index (χ0v) is 26.2. The molecule has 0 aliphatic carbocycles. The van der Waals surface area contributed by atoms with Crippen molar-refractivity contribution in [2.75, 3.05) is 27.4 Å². The summed E-state index contributed by atoms with van der Waals surface area (Å²) in [5, 5.41) is 40.9. The highest BCUT2D eigenvalue weighted by atomic mass is 16.5. The van der Waals surface area contributed by atoms with Crippen LogP contribution in [0.5, 0.6) is 23.0 Å². The van der Waals surface area contributed by atoms with Crippen LogP contribution in [0.15, 0.2) is 36.4 Å². The molecule has 0 aliphatic rings. The lowest BCUT2D eigenvalue weighted by Gasteiger charge is -2.15. The monoisotopic (exact) mass is 644 g/mol. The van der Waals surface area contributed by atoms with Crippen LogP contribution in [0.4, 0.5) is 0 Å². The van der Waals surface area contributed by atoms with Crippen LogP contribution in [0.1, 0.15) is 46.2 Å². The van der Waals surface area contributed by atoms with Crippen molar-refractivity contribution in [2.24, 2.45) is 14.1 Å². The van der Waals surface area contributed by atoms with E-state index in [1.165, 1.54) is 33.7 Å². The molecule has 18 nitrogen and oxygen atoms in total. The summed E-state index contributed by atoms with van der Waals surface area (Å²) in [6.07, 6.45) is -0.446.